The van der Waals surface area contributed by atoms with E-state index in [0.717, 1.165) is 16.8 Å². The van der Waals surface area contributed by atoms with Gasteiger partial charge in [-0.15, -0.1) is 11.3 Å². The van der Waals surface area contributed by atoms with Gasteiger partial charge < -0.3 is 9.74 Å². The molecule has 0 aliphatic carbocycles. The van der Waals surface area contributed by atoms with Gasteiger partial charge in [0.05, 0.1) is 17.1 Å². The number of rotatable bonds is 6. The summed E-state index contributed by atoms with van der Waals surface area (Å²) in [5, 5.41) is 6.12. The summed E-state index contributed by atoms with van der Waals surface area (Å²) < 4.78 is 14.2. The molecule has 1 atom stereocenters. The largest absolute Gasteiger partial charge is 0.390 e. The maximum Gasteiger partial charge on any atom is 0.264 e. The molecule has 0 bridgehead atoms. The highest BCUT2D eigenvalue weighted by Crippen LogP contribution is 2.23. The van der Waals surface area contributed by atoms with Crippen molar-refractivity contribution in [2.24, 2.45) is 5.16 Å². The molecule has 0 fully saturated rings. The predicted octanol–water partition coefficient (Wildman–Crippen LogP) is 5.03. The van der Waals surface area contributed by atoms with Gasteiger partial charge in [-0.2, -0.15) is 0 Å². The lowest BCUT2D eigenvalue weighted by Crippen LogP contribution is -2.37. The fourth-order valence-electron chi connectivity index (χ4n) is 3.44. The van der Waals surface area contributed by atoms with Gasteiger partial charge in [0.2, 0.25) is 0 Å². The molecule has 29 heavy (non-hydrogen) atoms. The van der Waals surface area contributed by atoms with Crippen molar-refractivity contribution in [1.82, 2.24) is 4.90 Å². The van der Waals surface area contributed by atoms with E-state index in [1.165, 1.54) is 17.4 Å². The van der Waals surface area contributed by atoms with Gasteiger partial charge >= 0.3 is 0 Å². The first-order chi connectivity index (χ1) is 14.1. The van der Waals surface area contributed by atoms with Crippen molar-refractivity contribution in [3.63, 3.8) is 0 Å². The Morgan fingerprint density at radius 3 is 2.72 bits per heavy atom. The molecule has 2 heterocycles. The van der Waals surface area contributed by atoms with Crippen molar-refractivity contribution in [2.75, 3.05) is 6.54 Å². The monoisotopic (exact) mass is 408 g/mol. The minimum absolute atomic E-state index is 0.129. The number of halogens is 1. The number of benzene rings is 2. The fourth-order valence-corrected chi connectivity index (χ4v) is 4.13. The van der Waals surface area contributed by atoms with Crippen LogP contribution >= 0.6 is 11.3 Å². The lowest BCUT2D eigenvalue weighted by Gasteiger charge is -2.24. The molecule has 0 N–H and O–H groups in total. The molecule has 1 aliphatic heterocycles. The first-order valence-corrected chi connectivity index (χ1v) is 10.3. The third-order valence-corrected chi connectivity index (χ3v) is 5.81. The topological polar surface area (TPSA) is 41.9 Å². The zero-order valence-electron chi connectivity index (χ0n) is 16.0. The Kier molecular flexibility index (Phi) is 5.71. The summed E-state index contributed by atoms with van der Waals surface area (Å²) in [7, 11) is 0. The van der Waals surface area contributed by atoms with Crippen molar-refractivity contribution in [1.29, 1.82) is 0 Å². The highest BCUT2D eigenvalue weighted by Gasteiger charge is 2.28. The lowest BCUT2D eigenvalue weighted by atomic mass is 10.00. The van der Waals surface area contributed by atoms with Crippen LogP contribution in [0.3, 0.4) is 0 Å². The van der Waals surface area contributed by atoms with Gasteiger partial charge in [-0.1, -0.05) is 53.7 Å². The van der Waals surface area contributed by atoms with Crippen LogP contribution in [0.15, 0.2) is 71.2 Å². The van der Waals surface area contributed by atoms with E-state index >= 15 is 0 Å². The average Bonchev–Trinajstić information content (AvgIpc) is 3.41. The highest BCUT2D eigenvalue weighted by atomic mass is 32.1. The summed E-state index contributed by atoms with van der Waals surface area (Å²) in [4.78, 5) is 20.9. The molecule has 0 spiro atoms. The molecule has 148 valence electrons. The Morgan fingerprint density at radius 2 is 1.97 bits per heavy atom. The summed E-state index contributed by atoms with van der Waals surface area (Å²) in [6.07, 6.45) is 0.344. The van der Waals surface area contributed by atoms with Crippen LogP contribution in [0, 0.1) is 12.7 Å². The van der Waals surface area contributed by atoms with E-state index in [2.05, 4.69) is 5.16 Å². The second-order valence-corrected chi connectivity index (χ2v) is 7.99. The second kappa shape index (κ2) is 8.57. The summed E-state index contributed by atoms with van der Waals surface area (Å²) in [5.74, 6) is -0.447. The van der Waals surface area contributed by atoms with Crippen molar-refractivity contribution >= 4 is 23.0 Å². The zero-order chi connectivity index (χ0) is 20.2. The summed E-state index contributed by atoms with van der Waals surface area (Å²) in [6, 6.07) is 18.2. The molecule has 0 saturated heterocycles. The smallest absolute Gasteiger partial charge is 0.264 e. The molecular formula is C23H21FN2O2S. The number of hydrogen-bond donors (Lipinski definition) is 0. The van der Waals surface area contributed by atoms with Gasteiger partial charge in [0.25, 0.3) is 5.91 Å². The Balaban J connectivity index is 1.51. The highest BCUT2D eigenvalue weighted by molar-refractivity contribution is 7.12. The van der Waals surface area contributed by atoms with Crippen molar-refractivity contribution in [3.8, 4) is 0 Å². The number of amides is 1. The van der Waals surface area contributed by atoms with Gasteiger partial charge in [0, 0.05) is 24.1 Å². The number of nitrogens with zero attached hydrogens (tertiary/aromatic N) is 2. The van der Waals surface area contributed by atoms with Crippen molar-refractivity contribution in [3.05, 3.63) is 93.4 Å². The van der Waals surface area contributed by atoms with E-state index in [-0.39, 0.29) is 24.4 Å². The third-order valence-electron chi connectivity index (χ3n) is 4.95. The van der Waals surface area contributed by atoms with Gasteiger partial charge in [0.15, 0.2) is 6.10 Å². The Labute approximate surface area is 173 Å². The van der Waals surface area contributed by atoms with Gasteiger partial charge in [0.1, 0.15) is 5.82 Å². The van der Waals surface area contributed by atoms with Crippen LogP contribution in [-0.2, 0) is 11.4 Å². The summed E-state index contributed by atoms with van der Waals surface area (Å²) in [6.45, 7) is 2.56. The SMILES string of the molecule is Cc1ccccc1C1=NO[C@@H](CN(Cc2ccccc2F)C(=O)c2cccs2)C1. The van der Waals surface area contributed by atoms with E-state index in [0.29, 0.717) is 23.4 Å². The van der Waals surface area contributed by atoms with Gasteiger partial charge in [-0.05, 0) is 30.0 Å². The molecule has 4 rings (SSSR count). The fraction of sp³-hybridized carbons (Fsp3) is 0.217. The molecular weight excluding hydrogens is 387 g/mol. The minimum atomic E-state index is -0.319. The molecule has 0 saturated carbocycles. The molecule has 4 nitrogen and oxygen atoms in total. The van der Waals surface area contributed by atoms with Crippen LogP contribution in [0.25, 0.3) is 0 Å². The Bertz CT molecular complexity index is 1030. The van der Waals surface area contributed by atoms with Crippen LogP contribution in [0.1, 0.15) is 32.8 Å². The van der Waals surface area contributed by atoms with Crippen LogP contribution in [-0.4, -0.2) is 29.2 Å². The number of oxime groups is 1. The first kappa shape index (κ1) is 19.3. The van der Waals surface area contributed by atoms with Crippen LogP contribution < -0.4 is 0 Å². The molecule has 1 aliphatic rings. The molecule has 2 aromatic carbocycles. The van der Waals surface area contributed by atoms with Crippen molar-refractivity contribution < 1.29 is 14.0 Å². The van der Waals surface area contributed by atoms with Crippen LogP contribution in [0.5, 0.6) is 0 Å². The molecule has 3 aromatic rings. The van der Waals surface area contributed by atoms with E-state index in [1.807, 2.05) is 42.6 Å². The van der Waals surface area contributed by atoms with Gasteiger partial charge in [-0.25, -0.2) is 4.39 Å². The van der Waals surface area contributed by atoms with Crippen LogP contribution in [0.2, 0.25) is 0 Å². The molecule has 6 heteroatoms. The number of hydrogen-bond acceptors (Lipinski definition) is 4. The maximum atomic E-state index is 14.2. The first-order valence-electron chi connectivity index (χ1n) is 9.46. The third kappa shape index (κ3) is 4.38. The standard InChI is InChI=1S/C23H21FN2O2S/c1-16-7-2-4-9-19(16)21-13-18(28-25-21)15-26(23(27)22-11-6-12-29-22)14-17-8-3-5-10-20(17)24/h2-12,18H,13-15H2,1H3/t18-/m1/s1. The van der Waals surface area contributed by atoms with E-state index in [4.69, 9.17) is 4.84 Å². The maximum absolute atomic E-state index is 14.2. The van der Waals surface area contributed by atoms with Crippen molar-refractivity contribution in [2.45, 2.75) is 26.0 Å². The second-order valence-electron chi connectivity index (χ2n) is 7.04. The number of aryl methyl sites for hydroxylation is 1. The number of carbonyl (C=O) groups is 1. The Hall–Kier alpha value is -2.99. The zero-order valence-corrected chi connectivity index (χ0v) is 16.9. The molecule has 1 amide bonds. The lowest BCUT2D eigenvalue weighted by molar-refractivity contribution is 0.0406. The number of thiophene rings is 1. The van der Waals surface area contributed by atoms with Gasteiger partial charge in [-0.3, -0.25) is 4.79 Å². The normalized spacial score (nSPS) is 15.7. The average molecular weight is 408 g/mol. The number of carbonyl (C=O) groups excluding carboxylic acids is 1. The quantitative estimate of drug-likeness (QED) is 0.574. The van der Waals surface area contributed by atoms with Crippen LogP contribution in [0.4, 0.5) is 4.39 Å². The Morgan fingerprint density at radius 1 is 1.17 bits per heavy atom. The molecule has 0 radical (unpaired) electrons. The van der Waals surface area contributed by atoms with E-state index in [1.54, 1.807) is 29.2 Å². The summed E-state index contributed by atoms with van der Waals surface area (Å²) in [5.41, 5.74) is 3.55. The molecule has 0 unspecified atom stereocenters. The predicted molar refractivity (Wildman–Crippen MR) is 113 cm³/mol. The van der Waals surface area contributed by atoms with E-state index in [9.17, 15) is 9.18 Å². The molecule has 1 aromatic heterocycles. The minimum Gasteiger partial charge on any atom is -0.390 e. The summed E-state index contributed by atoms with van der Waals surface area (Å²) >= 11 is 1.38. The van der Waals surface area contributed by atoms with E-state index < -0.39 is 0 Å².